The lowest BCUT2D eigenvalue weighted by molar-refractivity contribution is -0.123. The number of esters is 1. The van der Waals surface area contributed by atoms with E-state index in [1.807, 2.05) is 0 Å². The van der Waals surface area contributed by atoms with Crippen LogP contribution in [-0.2, 0) is 14.3 Å². The molecule has 0 spiro atoms. The molecule has 1 aromatic rings. The zero-order valence-corrected chi connectivity index (χ0v) is 20.0. The molecule has 0 amide bonds. The van der Waals surface area contributed by atoms with E-state index in [1.165, 1.54) is 18.2 Å². The second kappa shape index (κ2) is 12.6. The smallest absolute Gasteiger partial charge is 0.339 e. The number of aryl methyl sites for hydroxylation is 1. The summed E-state index contributed by atoms with van der Waals surface area (Å²) in [7, 11) is 0. The van der Waals surface area contributed by atoms with Crippen molar-refractivity contribution in [2.24, 2.45) is 5.18 Å². The largest absolute Gasteiger partial charge is 0.504 e. The van der Waals surface area contributed by atoms with Crippen LogP contribution in [0.3, 0.4) is 0 Å². The van der Waals surface area contributed by atoms with Crippen LogP contribution in [0.1, 0.15) is 41.3 Å². The Hall–Kier alpha value is -3.08. The van der Waals surface area contributed by atoms with E-state index in [4.69, 9.17) is 14.2 Å². The van der Waals surface area contributed by atoms with Gasteiger partial charge in [0.05, 0.1) is 18.8 Å². The van der Waals surface area contributed by atoms with Crippen molar-refractivity contribution < 1.29 is 34.0 Å². The number of rotatable bonds is 5. The zero-order chi connectivity index (χ0) is 25.4. The van der Waals surface area contributed by atoms with Crippen LogP contribution < -0.4 is 4.74 Å². The number of ether oxygens (including phenoxy) is 3. The summed E-state index contributed by atoms with van der Waals surface area (Å²) in [6.45, 7) is 7.31. The molecule has 10 heteroatoms. The molecule has 2 heterocycles. The van der Waals surface area contributed by atoms with Gasteiger partial charge in [0.2, 0.25) is 0 Å². The standard InChI is InChI=1S/C25H32N2O8/c1-16-15-21(34-14-11-27-9-12-33-13-10-27)23(29)18-6-4-7-19(26-32)24(30)20(28)8-3-5-17(2)35-25(31)22(16)18/h3-4,6,8,15,17,19,24,29-30H,5,7,9-14H2,1-2H3/b6-4?,8-3-/t17-,19-,24-/m0/s1. The van der Waals surface area contributed by atoms with E-state index < -0.39 is 30.0 Å². The lowest BCUT2D eigenvalue weighted by Crippen LogP contribution is -2.38. The topological polar surface area (TPSA) is 135 Å². The third kappa shape index (κ3) is 6.97. The fourth-order valence-corrected chi connectivity index (χ4v) is 3.96. The molecule has 2 N–H and O–H groups in total. The molecule has 0 saturated carbocycles. The number of aliphatic hydroxyl groups is 1. The molecule has 0 aromatic heterocycles. The van der Waals surface area contributed by atoms with Crippen molar-refractivity contribution in [2.45, 2.75) is 44.9 Å². The Balaban J connectivity index is 1.90. The average molecular weight is 489 g/mol. The number of hydrogen-bond acceptors (Lipinski definition) is 10. The van der Waals surface area contributed by atoms with Crippen molar-refractivity contribution in [1.29, 1.82) is 0 Å². The van der Waals surface area contributed by atoms with Crippen LogP contribution in [0.2, 0.25) is 0 Å². The van der Waals surface area contributed by atoms with Crippen molar-refractivity contribution in [3.63, 3.8) is 0 Å². The Morgan fingerprint density at radius 3 is 2.60 bits per heavy atom. The van der Waals surface area contributed by atoms with Crippen molar-refractivity contribution >= 4 is 17.8 Å². The first kappa shape index (κ1) is 26.5. The van der Waals surface area contributed by atoms with E-state index in [2.05, 4.69) is 10.1 Å². The molecule has 0 unspecified atom stereocenters. The van der Waals surface area contributed by atoms with Gasteiger partial charge in [0.25, 0.3) is 0 Å². The number of cyclic esters (lactones) is 1. The molecule has 0 radical (unpaired) electrons. The third-order valence-corrected chi connectivity index (χ3v) is 5.98. The summed E-state index contributed by atoms with van der Waals surface area (Å²) in [4.78, 5) is 38.6. The van der Waals surface area contributed by atoms with Gasteiger partial charge in [0.1, 0.15) is 24.9 Å². The molecule has 1 fully saturated rings. The highest BCUT2D eigenvalue weighted by Gasteiger charge is 2.26. The highest BCUT2D eigenvalue weighted by Crippen LogP contribution is 2.37. The number of aliphatic hydroxyl groups excluding tert-OH is 1. The van der Waals surface area contributed by atoms with Crippen molar-refractivity contribution in [3.8, 4) is 11.5 Å². The minimum Gasteiger partial charge on any atom is -0.504 e. The minimum atomic E-state index is -1.60. The van der Waals surface area contributed by atoms with Crippen LogP contribution in [-0.4, -0.2) is 84.6 Å². The van der Waals surface area contributed by atoms with Gasteiger partial charge in [-0.3, -0.25) is 9.69 Å². The number of aromatic hydroxyl groups is 1. The van der Waals surface area contributed by atoms with Crippen LogP contribution in [0.15, 0.2) is 29.5 Å². The molecule has 1 aromatic carbocycles. The maximum absolute atomic E-state index is 13.0. The van der Waals surface area contributed by atoms with E-state index in [1.54, 1.807) is 19.9 Å². The van der Waals surface area contributed by atoms with E-state index >= 15 is 0 Å². The summed E-state index contributed by atoms with van der Waals surface area (Å²) in [5.41, 5.74) is 0.880. The Labute approximate surface area is 204 Å². The second-order valence-electron chi connectivity index (χ2n) is 8.64. The van der Waals surface area contributed by atoms with Gasteiger partial charge in [0.15, 0.2) is 17.3 Å². The lowest BCUT2D eigenvalue weighted by Gasteiger charge is -2.26. The first-order chi connectivity index (χ1) is 16.8. The second-order valence-corrected chi connectivity index (χ2v) is 8.64. The number of phenolic OH excluding ortho intramolecular Hbond substituents is 1. The SMILES string of the molecule is Cc1cc(OCCN2CCOCC2)c(O)c2c1C(=O)O[C@@H](C)C/C=C\C(=O)[C@@H](O)[C@@H](N=O)CC=C2. The predicted molar refractivity (Wildman–Crippen MR) is 128 cm³/mol. The van der Waals surface area contributed by atoms with Crippen molar-refractivity contribution in [1.82, 2.24) is 4.90 Å². The first-order valence-corrected chi connectivity index (χ1v) is 11.7. The number of phenols is 1. The Kier molecular flexibility index (Phi) is 9.53. The van der Waals surface area contributed by atoms with Gasteiger partial charge < -0.3 is 24.4 Å². The average Bonchev–Trinajstić information content (AvgIpc) is 2.83. The molecule has 3 rings (SSSR count). The minimum absolute atomic E-state index is 0.0737. The fraction of sp³-hybridized carbons (Fsp3) is 0.520. The van der Waals surface area contributed by atoms with Crippen molar-refractivity contribution in [2.75, 3.05) is 39.5 Å². The van der Waals surface area contributed by atoms with E-state index in [-0.39, 0.29) is 35.5 Å². The molecule has 0 aliphatic carbocycles. The number of morpholine rings is 1. The monoisotopic (exact) mass is 488 g/mol. The van der Waals surface area contributed by atoms with Crippen LogP contribution >= 0.6 is 0 Å². The van der Waals surface area contributed by atoms with Crippen LogP contribution in [0.4, 0.5) is 0 Å². The number of carbonyl (C=O) groups is 2. The number of nitroso groups, excluding NO2 is 1. The maximum Gasteiger partial charge on any atom is 0.339 e. The predicted octanol–water partition coefficient (Wildman–Crippen LogP) is 2.39. The summed E-state index contributed by atoms with van der Waals surface area (Å²) < 4.78 is 16.7. The van der Waals surface area contributed by atoms with Gasteiger partial charge in [-0.2, -0.15) is 4.91 Å². The van der Waals surface area contributed by atoms with Crippen LogP contribution in [0, 0.1) is 11.8 Å². The van der Waals surface area contributed by atoms with E-state index in [0.717, 1.165) is 19.2 Å². The van der Waals surface area contributed by atoms with Gasteiger partial charge in [-0.1, -0.05) is 23.4 Å². The highest BCUT2D eigenvalue weighted by atomic mass is 16.5. The third-order valence-electron chi connectivity index (χ3n) is 5.98. The lowest BCUT2D eigenvalue weighted by atomic mass is 9.97. The molecule has 35 heavy (non-hydrogen) atoms. The number of carbonyl (C=O) groups excluding carboxylic acids is 2. The normalized spacial score (nSPS) is 25.3. The van der Waals surface area contributed by atoms with Gasteiger partial charge >= 0.3 is 5.97 Å². The number of fused-ring (bicyclic) bond motifs is 1. The fourth-order valence-electron chi connectivity index (χ4n) is 3.96. The number of ketones is 1. The number of benzene rings is 1. The van der Waals surface area contributed by atoms with Crippen LogP contribution in [0.25, 0.3) is 6.08 Å². The number of hydrogen-bond donors (Lipinski definition) is 2. The summed E-state index contributed by atoms with van der Waals surface area (Å²) >= 11 is 0. The van der Waals surface area contributed by atoms with Crippen LogP contribution in [0.5, 0.6) is 11.5 Å². The summed E-state index contributed by atoms with van der Waals surface area (Å²) in [6, 6.07) is 0.379. The molecular weight excluding hydrogens is 456 g/mol. The molecule has 3 atom stereocenters. The van der Waals surface area contributed by atoms with Gasteiger partial charge in [-0.15, -0.1) is 0 Å². The molecule has 2 aliphatic heterocycles. The molecule has 2 aliphatic rings. The molecule has 1 saturated heterocycles. The van der Waals surface area contributed by atoms with Gasteiger partial charge in [-0.05, 0) is 38.0 Å². The first-order valence-electron chi connectivity index (χ1n) is 11.7. The quantitative estimate of drug-likeness (QED) is 0.473. The Morgan fingerprint density at radius 2 is 1.89 bits per heavy atom. The Morgan fingerprint density at radius 1 is 1.17 bits per heavy atom. The number of nitrogens with zero attached hydrogens (tertiary/aromatic N) is 2. The molecule has 0 bridgehead atoms. The van der Waals surface area contributed by atoms with E-state index in [0.29, 0.717) is 31.9 Å². The summed E-state index contributed by atoms with van der Waals surface area (Å²) in [5.74, 6) is -1.32. The zero-order valence-electron chi connectivity index (χ0n) is 20.0. The van der Waals surface area contributed by atoms with Crippen molar-refractivity contribution in [3.05, 3.63) is 45.9 Å². The maximum atomic E-state index is 13.0. The summed E-state index contributed by atoms with van der Waals surface area (Å²) in [6.07, 6.45) is 3.54. The Bertz CT molecular complexity index is 984. The molecular formula is C25H32N2O8. The molecule has 10 nitrogen and oxygen atoms in total. The summed E-state index contributed by atoms with van der Waals surface area (Å²) in [5, 5.41) is 24.1. The molecule has 190 valence electrons. The van der Waals surface area contributed by atoms with E-state index in [9.17, 15) is 24.7 Å². The van der Waals surface area contributed by atoms with Gasteiger partial charge in [-0.25, -0.2) is 4.79 Å². The highest BCUT2D eigenvalue weighted by molar-refractivity contribution is 5.97. The van der Waals surface area contributed by atoms with Gasteiger partial charge in [0, 0.05) is 31.6 Å².